The number of piperidine rings is 1. The first-order valence-electron chi connectivity index (χ1n) is 7.16. The lowest BCUT2D eigenvalue weighted by Crippen LogP contribution is -2.35. The lowest BCUT2D eigenvalue weighted by Gasteiger charge is -2.30. The average molecular weight is 279 g/mol. The van der Waals surface area contributed by atoms with Crippen LogP contribution in [-0.4, -0.2) is 43.4 Å². The van der Waals surface area contributed by atoms with E-state index in [4.69, 9.17) is 9.47 Å². The molecule has 1 aromatic rings. The van der Waals surface area contributed by atoms with Gasteiger partial charge in [0, 0.05) is 13.1 Å². The highest BCUT2D eigenvalue weighted by Gasteiger charge is 2.22. The topological polar surface area (TPSA) is 41.9 Å². The molecule has 0 aliphatic carbocycles. The molecule has 1 aliphatic heterocycles. The van der Waals surface area contributed by atoms with Gasteiger partial charge in [-0.2, -0.15) is 0 Å². The van der Waals surface area contributed by atoms with E-state index in [1.807, 2.05) is 18.2 Å². The van der Waals surface area contributed by atoms with Crippen molar-refractivity contribution in [3.63, 3.8) is 0 Å². The Morgan fingerprint density at radius 1 is 1.20 bits per heavy atom. The molecule has 1 aromatic carbocycles. The molecule has 0 spiro atoms. The Hall–Kier alpha value is -1.26. The van der Waals surface area contributed by atoms with Crippen LogP contribution in [0.2, 0.25) is 0 Å². The number of benzene rings is 1. The van der Waals surface area contributed by atoms with Gasteiger partial charge in [0.2, 0.25) is 0 Å². The van der Waals surface area contributed by atoms with Crippen LogP contribution in [0.4, 0.5) is 0 Å². The molecular formula is C16H25NO3. The number of aliphatic hydroxyl groups is 1. The fraction of sp³-hybridized carbons (Fsp3) is 0.625. The van der Waals surface area contributed by atoms with E-state index < -0.39 is 5.60 Å². The molecule has 0 aromatic heterocycles. The predicted octanol–water partition coefficient (Wildman–Crippen LogP) is 2.40. The third kappa shape index (κ3) is 3.64. The number of ether oxygens (including phenoxy) is 2. The van der Waals surface area contributed by atoms with E-state index in [1.54, 1.807) is 21.0 Å². The Morgan fingerprint density at radius 3 is 2.40 bits per heavy atom. The normalized spacial score (nSPS) is 18.1. The highest BCUT2D eigenvalue weighted by molar-refractivity contribution is 5.44. The first-order chi connectivity index (χ1) is 9.40. The summed E-state index contributed by atoms with van der Waals surface area (Å²) >= 11 is 0. The molecule has 0 bridgehead atoms. The van der Waals surface area contributed by atoms with Crippen LogP contribution in [0.5, 0.6) is 11.5 Å². The molecular weight excluding hydrogens is 254 g/mol. The molecule has 2 rings (SSSR count). The second-order valence-electron chi connectivity index (χ2n) is 6.05. The third-order valence-electron chi connectivity index (χ3n) is 3.83. The van der Waals surface area contributed by atoms with Crippen molar-refractivity contribution in [2.24, 2.45) is 0 Å². The van der Waals surface area contributed by atoms with Crippen LogP contribution in [0.1, 0.15) is 32.3 Å². The maximum absolute atomic E-state index is 10.0. The largest absolute Gasteiger partial charge is 0.493 e. The van der Waals surface area contributed by atoms with E-state index >= 15 is 0 Å². The van der Waals surface area contributed by atoms with Gasteiger partial charge in [0.25, 0.3) is 0 Å². The Bertz CT molecular complexity index is 446. The predicted molar refractivity (Wildman–Crippen MR) is 79.4 cm³/mol. The molecule has 1 saturated heterocycles. The van der Waals surface area contributed by atoms with Gasteiger partial charge in [-0.25, -0.2) is 0 Å². The highest BCUT2D eigenvalue weighted by Crippen LogP contribution is 2.33. The molecule has 0 saturated carbocycles. The molecule has 0 amide bonds. The van der Waals surface area contributed by atoms with Gasteiger partial charge in [-0.05, 0) is 51.4 Å². The van der Waals surface area contributed by atoms with E-state index in [1.165, 1.54) is 0 Å². The lowest BCUT2D eigenvalue weighted by molar-refractivity contribution is 0.0778. The first kappa shape index (κ1) is 15.1. The van der Waals surface area contributed by atoms with Crippen molar-refractivity contribution in [3.8, 4) is 11.5 Å². The van der Waals surface area contributed by atoms with Gasteiger partial charge in [-0.15, -0.1) is 0 Å². The molecule has 1 aliphatic rings. The van der Waals surface area contributed by atoms with Crippen LogP contribution in [0.15, 0.2) is 18.2 Å². The zero-order valence-electron chi connectivity index (χ0n) is 12.8. The smallest absolute Gasteiger partial charge is 0.161 e. The standard InChI is InChI=1S/C16H25NO3/c1-16(2,18)12-5-6-14(15(11-12)19-4)20-13-7-9-17(3)10-8-13/h5-6,11,13,18H,7-10H2,1-4H3. The maximum Gasteiger partial charge on any atom is 0.161 e. The molecule has 1 N–H and O–H groups in total. The Morgan fingerprint density at radius 2 is 1.85 bits per heavy atom. The van der Waals surface area contributed by atoms with Gasteiger partial charge in [-0.1, -0.05) is 6.07 Å². The molecule has 1 heterocycles. The van der Waals surface area contributed by atoms with Gasteiger partial charge in [0.15, 0.2) is 11.5 Å². The number of methoxy groups -OCH3 is 1. The summed E-state index contributed by atoms with van der Waals surface area (Å²) < 4.78 is 11.5. The second-order valence-corrected chi connectivity index (χ2v) is 6.05. The van der Waals surface area contributed by atoms with Crippen molar-refractivity contribution >= 4 is 0 Å². The van der Waals surface area contributed by atoms with Crippen LogP contribution >= 0.6 is 0 Å². The first-order valence-corrected chi connectivity index (χ1v) is 7.16. The minimum absolute atomic E-state index is 0.244. The van der Waals surface area contributed by atoms with Crippen molar-refractivity contribution in [2.75, 3.05) is 27.2 Å². The molecule has 4 nitrogen and oxygen atoms in total. The summed E-state index contributed by atoms with van der Waals surface area (Å²) in [7, 11) is 3.76. The van der Waals surface area contributed by atoms with Crippen molar-refractivity contribution in [3.05, 3.63) is 23.8 Å². The van der Waals surface area contributed by atoms with Crippen molar-refractivity contribution < 1.29 is 14.6 Å². The number of hydrogen-bond donors (Lipinski definition) is 1. The average Bonchev–Trinajstić information content (AvgIpc) is 2.40. The summed E-state index contributed by atoms with van der Waals surface area (Å²) in [6, 6.07) is 5.64. The minimum Gasteiger partial charge on any atom is -0.493 e. The van der Waals surface area contributed by atoms with Crippen LogP contribution in [0.25, 0.3) is 0 Å². The number of hydrogen-bond acceptors (Lipinski definition) is 4. The molecule has 20 heavy (non-hydrogen) atoms. The minimum atomic E-state index is -0.876. The quantitative estimate of drug-likeness (QED) is 0.919. The Labute approximate surface area is 121 Å². The van der Waals surface area contributed by atoms with Crippen molar-refractivity contribution in [1.29, 1.82) is 0 Å². The summed E-state index contributed by atoms with van der Waals surface area (Å²) in [6.07, 6.45) is 2.31. The van der Waals surface area contributed by atoms with Gasteiger partial charge in [0.05, 0.1) is 12.7 Å². The SMILES string of the molecule is COc1cc(C(C)(C)O)ccc1OC1CCN(C)CC1. The molecule has 0 radical (unpaired) electrons. The third-order valence-corrected chi connectivity index (χ3v) is 3.83. The summed E-state index contributed by atoms with van der Waals surface area (Å²) in [4.78, 5) is 2.31. The van der Waals surface area contributed by atoms with Crippen molar-refractivity contribution in [2.45, 2.75) is 38.4 Å². The van der Waals surface area contributed by atoms with E-state index in [0.717, 1.165) is 37.2 Å². The molecule has 1 fully saturated rings. The van der Waals surface area contributed by atoms with Gasteiger partial charge in [-0.3, -0.25) is 0 Å². The van der Waals surface area contributed by atoms with E-state index in [2.05, 4.69) is 11.9 Å². The molecule has 4 heteroatoms. The van der Waals surface area contributed by atoms with Crippen molar-refractivity contribution in [1.82, 2.24) is 4.90 Å². The van der Waals surface area contributed by atoms with E-state index in [0.29, 0.717) is 5.75 Å². The Kier molecular flexibility index (Phi) is 4.55. The number of nitrogens with zero attached hydrogens (tertiary/aromatic N) is 1. The Balaban J connectivity index is 2.12. The summed E-state index contributed by atoms with van der Waals surface area (Å²) in [6.45, 7) is 5.65. The fourth-order valence-corrected chi connectivity index (χ4v) is 2.43. The zero-order valence-corrected chi connectivity index (χ0v) is 12.8. The monoisotopic (exact) mass is 279 g/mol. The van der Waals surface area contributed by atoms with Gasteiger partial charge < -0.3 is 19.5 Å². The summed E-state index contributed by atoms with van der Waals surface area (Å²) in [5, 5.41) is 10.0. The zero-order chi connectivity index (χ0) is 14.8. The lowest BCUT2D eigenvalue weighted by atomic mass is 9.98. The highest BCUT2D eigenvalue weighted by atomic mass is 16.5. The molecule has 0 atom stereocenters. The van der Waals surface area contributed by atoms with Crippen LogP contribution in [0.3, 0.4) is 0 Å². The summed E-state index contributed by atoms with van der Waals surface area (Å²) in [5.74, 6) is 1.44. The fourth-order valence-electron chi connectivity index (χ4n) is 2.43. The van der Waals surface area contributed by atoms with Crippen LogP contribution in [0, 0.1) is 0 Å². The summed E-state index contributed by atoms with van der Waals surface area (Å²) in [5.41, 5.74) is -0.0515. The van der Waals surface area contributed by atoms with Gasteiger partial charge >= 0.3 is 0 Å². The van der Waals surface area contributed by atoms with Crippen LogP contribution < -0.4 is 9.47 Å². The maximum atomic E-state index is 10.0. The van der Waals surface area contributed by atoms with E-state index in [-0.39, 0.29) is 6.10 Å². The molecule has 0 unspecified atom stereocenters. The number of rotatable bonds is 4. The second kappa shape index (κ2) is 6.02. The van der Waals surface area contributed by atoms with Crippen LogP contribution in [-0.2, 0) is 5.60 Å². The van der Waals surface area contributed by atoms with Gasteiger partial charge in [0.1, 0.15) is 6.10 Å². The van der Waals surface area contributed by atoms with E-state index in [9.17, 15) is 5.11 Å². The number of likely N-dealkylation sites (tertiary alicyclic amines) is 1. The molecule has 112 valence electrons.